The van der Waals surface area contributed by atoms with Crippen LogP contribution in [0.1, 0.15) is 117 Å². The average molecular weight is 494 g/mol. The predicted molar refractivity (Wildman–Crippen MR) is 130 cm³/mol. The Hall–Kier alpha value is -0.0513. The van der Waals surface area contributed by atoms with Gasteiger partial charge in [-0.3, -0.25) is 0 Å². The van der Waals surface area contributed by atoms with E-state index >= 15 is 0 Å². The van der Waals surface area contributed by atoms with E-state index in [1.807, 2.05) is 0 Å². The first kappa shape index (κ1) is 26.0. The number of hydrogen-bond acceptors (Lipinski definition) is 1. The topological polar surface area (TPSA) is 12.9 Å². The third kappa shape index (κ3) is 10.1. The molecule has 1 rings (SSSR count). The molecule has 2 heteroatoms. The zero-order chi connectivity index (χ0) is 20.5. The summed E-state index contributed by atoms with van der Waals surface area (Å²) in [6, 6.07) is 4.92. The quantitative estimate of drug-likeness (QED) is 0.147. The van der Waals surface area contributed by atoms with Crippen LogP contribution in [0.4, 0.5) is 0 Å². The monoisotopic (exact) mass is 495 g/mol. The number of pyridine rings is 1. The van der Waals surface area contributed by atoms with E-state index in [4.69, 9.17) is 4.98 Å². The molecule has 0 unspecified atom stereocenters. The Balaban J connectivity index is 2.66. The fourth-order valence-electron chi connectivity index (χ4n) is 4.50. The molecule has 0 aliphatic carbocycles. The van der Waals surface area contributed by atoms with Crippen molar-refractivity contribution in [2.75, 3.05) is 0 Å². The number of rotatable bonds is 18. The minimum atomic E-state index is -2.27. The van der Waals surface area contributed by atoms with E-state index in [9.17, 15) is 0 Å². The second-order valence-corrected chi connectivity index (χ2v) is 22.2. The normalized spacial score (nSPS) is 11.9. The van der Waals surface area contributed by atoms with Crippen LogP contribution in [0.15, 0.2) is 18.3 Å². The van der Waals surface area contributed by atoms with Gasteiger partial charge in [-0.15, -0.1) is 0 Å². The van der Waals surface area contributed by atoms with Crippen molar-refractivity contribution in [2.45, 2.75) is 131 Å². The summed E-state index contributed by atoms with van der Waals surface area (Å²) in [7, 11) is 0. The third-order valence-electron chi connectivity index (χ3n) is 6.50. The molecule has 1 aromatic rings. The molecule has 0 bridgehead atoms. The van der Waals surface area contributed by atoms with Crippen molar-refractivity contribution in [2.24, 2.45) is 0 Å². The SMILES string of the molecule is CCCCCCCCCc1cc[c]([Sn]([CH2]CCC)([CH2]CCC)[CH2]CCC)cn1. The fraction of sp³-hybridized carbons (Fsp3) is 0.808. The molecule has 1 aromatic heterocycles. The van der Waals surface area contributed by atoms with Crippen molar-refractivity contribution >= 4 is 22.0 Å². The van der Waals surface area contributed by atoms with Crippen molar-refractivity contribution < 1.29 is 0 Å². The maximum absolute atomic E-state index is 4.97. The molecule has 0 atom stereocenters. The van der Waals surface area contributed by atoms with Crippen molar-refractivity contribution in [3.05, 3.63) is 24.0 Å². The van der Waals surface area contributed by atoms with Gasteiger partial charge < -0.3 is 0 Å². The zero-order valence-corrected chi connectivity index (χ0v) is 22.6. The molecule has 0 aliphatic heterocycles. The van der Waals surface area contributed by atoms with Gasteiger partial charge in [0.25, 0.3) is 0 Å². The van der Waals surface area contributed by atoms with Crippen LogP contribution >= 0.6 is 0 Å². The Morgan fingerprint density at radius 2 is 1.11 bits per heavy atom. The van der Waals surface area contributed by atoms with E-state index < -0.39 is 18.4 Å². The molecule has 162 valence electrons. The summed E-state index contributed by atoms with van der Waals surface area (Å²) in [6.45, 7) is 9.38. The minimum absolute atomic E-state index is 1.18. The molecule has 0 aromatic carbocycles. The van der Waals surface area contributed by atoms with Crippen molar-refractivity contribution in [1.29, 1.82) is 0 Å². The molecule has 1 nitrogen and oxygen atoms in total. The second-order valence-electron chi connectivity index (χ2n) is 9.00. The Kier molecular flexibility index (Phi) is 15.5. The number of unbranched alkanes of at least 4 members (excludes halogenated alkanes) is 9. The standard InChI is InChI=1S/C14H22N.3C4H9.Sn/c1-2-3-4-5-6-7-8-11-14-12-9-10-13-15-14;3*1-3-4-2;/h9,12-13H,2-8,11H2,1H3;3*1,3-4H2,2H3;. The third-order valence-corrected chi connectivity index (χ3v) is 22.1. The van der Waals surface area contributed by atoms with Crippen molar-refractivity contribution in [3.8, 4) is 0 Å². The molecule has 0 N–H and O–H groups in total. The summed E-state index contributed by atoms with van der Waals surface area (Å²) < 4.78 is 6.37. The number of aryl methyl sites for hydroxylation is 1. The number of aromatic nitrogens is 1. The Morgan fingerprint density at radius 1 is 0.607 bits per heavy atom. The summed E-state index contributed by atoms with van der Waals surface area (Å²) in [4.78, 5) is 4.97. The van der Waals surface area contributed by atoms with Crippen LogP contribution in [0.2, 0.25) is 13.3 Å². The van der Waals surface area contributed by atoms with E-state index in [2.05, 4.69) is 46.0 Å². The van der Waals surface area contributed by atoms with Gasteiger partial charge in [0.2, 0.25) is 0 Å². The van der Waals surface area contributed by atoms with Gasteiger partial charge in [-0.2, -0.15) is 0 Å². The molecule has 0 saturated carbocycles. The van der Waals surface area contributed by atoms with Crippen LogP contribution in [-0.2, 0) is 6.42 Å². The van der Waals surface area contributed by atoms with Gasteiger partial charge in [0.05, 0.1) is 0 Å². The summed E-state index contributed by atoms with van der Waals surface area (Å²) in [5, 5.41) is 0. The summed E-state index contributed by atoms with van der Waals surface area (Å²) in [5.74, 6) is 0. The average Bonchev–Trinajstić information content (AvgIpc) is 2.73. The summed E-state index contributed by atoms with van der Waals surface area (Å²) >= 11 is -2.27. The number of hydrogen-bond donors (Lipinski definition) is 0. The molecule has 28 heavy (non-hydrogen) atoms. The van der Waals surface area contributed by atoms with E-state index in [-0.39, 0.29) is 0 Å². The van der Waals surface area contributed by atoms with Crippen LogP contribution in [-0.4, -0.2) is 23.4 Å². The first-order chi connectivity index (χ1) is 13.7. The number of nitrogens with zero attached hydrogens (tertiary/aromatic N) is 1. The molecular formula is C26H49NSn. The van der Waals surface area contributed by atoms with E-state index in [1.54, 1.807) is 16.9 Å². The van der Waals surface area contributed by atoms with Gasteiger partial charge in [0.1, 0.15) is 0 Å². The molecule has 1 heterocycles. The first-order valence-electron chi connectivity index (χ1n) is 12.7. The van der Waals surface area contributed by atoms with Crippen LogP contribution in [0.3, 0.4) is 0 Å². The molecule has 0 fully saturated rings. The first-order valence-corrected chi connectivity index (χ1v) is 20.2. The van der Waals surface area contributed by atoms with E-state index in [0.29, 0.717) is 0 Å². The van der Waals surface area contributed by atoms with Crippen LogP contribution in [0, 0.1) is 0 Å². The molecule has 0 spiro atoms. The van der Waals surface area contributed by atoms with Crippen LogP contribution in [0.25, 0.3) is 0 Å². The van der Waals surface area contributed by atoms with Gasteiger partial charge in [-0.05, 0) is 0 Å². The van der Waals surface area contributed by atoms with Gasteiger partial charge in [-0.1, -0.05) is 6.92 Å². The Morgan fingerprint density at radius 3 is 1.57 bits per heavy atom. The molecule has 0 saturated heterocycles. The molecule has 0 amide bonds. The van der Waals surface area contributed by atoms with Crippen LogP contribution in [0.5, 0.6) is 0 Å². The zero-order valence-electron chi connectivity index (χ0n) is 19.7. The van der Waals surface area contributed by atoms with Crippen LogP contribution < -0.4 is 3.58 Å². The fourth-order valence-corrected chi connectivity index (χ4v) is 20.1. The van der Waals surface area contributed by atoms with Gasteiger partial charge in [0, 0.05) is 0 Å². The van der Waals surface area contributed by atoms with E-state index in [0.717, 1.165) is 0 Å². The van der Waals surface area contributed by atoms with Gasteiger partial charge in [-0.25, -0.2) is 0 Å². The van der Waals surface area contributed by atoms with Crippen molar-refractivity contribution in [3.63, 3.8) is 0 Å². The van der Waals surface area contributed by atoms with E-state index in [1.165, 1.54) is 95.6 Å². The molecular weight excluding hydrogens is 445 g/mol. The van der Waals surface area contributed by atoms with Gasteiger partial charge in [0.15, 0.2) is 0 Å². The second kappa shape index (κ2) is 16.7. The summed E-state index contributed by atoms with van der Waals surface area (Å²) in [6.07, 6.45) is 21.6. The predicted octanol–water partition coefficient (Wildman–Crippen LogP) is 8.43. The Labute approximate surface area is 181 Å². The molecule has 0 aliphatic rings. The summed E-state index contributed by atoms with van der Waals surface area (Å²) in [5.41, 5.74) is 1.33. The molecule has 0 radical (unpaired) electrons. The van der Waals surface area contributed by atoms with Crippen molar-refractivity contribution in [1.82, 2.24) is 4.98 Å². The maximum atomic E-state index is 4.97. The van der Waals surface area contributed by atoms with Gasteiger partial charge >= 0.3 is 175 Å². The Bertz CT molecular complexity index is 446.